The van der Waals surface area contributed by atoms with Gasteiger partial charge in [-0.3, -0.25) is 0 Å². The Hall–Kier alpha value is -0.870. The van der Waals surface area contributed by atoms with Crippen LogP contribution < -0.4 is 5.73 Å². The zero-order valence-electron chi connectivity index (χ0n) is 10.1. The first-order valence-electron chi connectivity index (χ1n) is 6.33. The maximum atomic E-state index is 6.31. The molecule has 18 heavy (non-hydrogen) atoms. The zero-order valence-corrected chi connectivity index (χ0v) is 12.3. The van der Waals surface area contributed by atoms with E-state index >= 15 is 0 Å². The van der Waals surface area contributed by atoms with E-state index in [1.807, 2.05) is 0 Å². The molecule has 0 fully saturated rings. The van der Waals surface area contributed by atoms with Gasteiger partial charge < -0.3 is 5.73 Å². The van der Waals surface area contributed by atoms with Crippen LogP contribution in [0.2, 0.25) is 0 Å². The highest BCUT2D eigenvalue weighted by Gasteiger charge is 2.27. The van der Waals surface area contributed by atoms with E-state index in [-0.39, 0.29) is 6.04 Å². The zero-order chi connectivity index (χ0) is 12.5. The van der Waals surface area contributed by atoms with Crippen molar-refractivity contribution in [3.05, 3.63) is 68.8 Å². The molecule has 3 rings (SSSR count). The lowest BCUT2D eigenvalue weighted by Crippen LogP contribution is -2.22. The molecule has 1 nitrogen and oxygen atoms in total. The second kappa shape index (κ2) is 5.02. The first-order valence-corrected chi connectivity index (χ1v) is 7.41. The van der Waals surface area contributed by atoms with Gasteiger partial charge in [0.25, 0.3) is 0 Å². The lowest BCUT2D eigenvalue weighted by molar-refractivity contribution is 0.498. The maximum absolute atomic E-state index is 6.31. The lowest BCUT2D eigenvalue weighted by atomic mass is 9.74. The highest BCUT2D eigenvalue weighted by Crippen LogP contribution is 2.40. The molecule has 2 unspecified atom stereocenters. The third-order valence-electron chi connectivity index (χ3n) is 3.80. The van der Waals surface area contributed by atoms with Gasteiger partial charge in [-0.15, -0.1) is 0 Å². The van der Waals surface area contributed by atoms with Crippen LogP contribution in [0, 0.1) is 3.57 Å². The van der Waals surface area contributed by atoms with Crippen LogP contribution in [0.4, 0.5) is 0 Å². The van der Waals surface area contributed by atoms with Crippen LogP contribution in [0.3, 0.4) is 0 Å². The van der Waals surface area contributed by atoms with Crippen molar-refractivity contribution in [3.63, 3.8) is 0 Å². The first kappa shape index (κ1) is 12.2. The standard InChI is InChI=1S/C16H16IN/c17-14-7-5-11(6-8-14)16(18)10-13-9-12-3-1-2-4-15(12)13/h1-8,13,16H,9-10,18H2. The van der Waals surface area contributed by atoms with Gasteiger partial charge in [-0.05, 0) is 70.2 Å². The van der Waals surface area contributed by atoms with E-state index in [2.05, 4.69) is 71.1 Å². The molecule has 92 valence electrons. The molecule has 0 amide bonds. The number of halogens is 1. The SMILES string of the molecule is NC(CC1Cc2ccccc21)c1ccc(I)cc1. The van der Waals surface area contributed by atoms with Crippen molar-refractivity contribution in [2.45, 2.75) is 24.8 Å². The largest absolute Gasteiger partial charge is 0.324 e. The van der Waals surface area contributed by atoms with Gasteiger partial charge in [0.1, 0.15) is 0 Å². The highest BCUT2D eigenvalue weighted by molar-refractivity contribution is 14.1. The van der Waals surface area contributed by atoms with Crippen LogP contribution in [0.5, 0.6) is 0 Å². The average molecular weight is 349 g/mol. The highest BCUT2D eigenvalue weighted by atomic mass is 127. The Bertz CT molecular complexity index is 547. The molecule has 2 aromatic rings. The van der Waals surface area contributed by atoms with Crippen molar-refractivity contribution in [1.29, 1.82) is 0 Å². The molecule has 2 heteroatoms. The third-order valence-corrected chi connectivity index (χ3v) is 4.52. The molecule has 1 aliphatic carbocycles. The summed E-state index contributed by atoms with van der Waals surface area (Å²) in [6, 6.07) is 17.4. The van der Waals surface area contributed by atoms with Crippen molar-refractivity contribution >= 4 is 22.6 Å². The fraction of sp³-hybridized carbons (Fsp3) is 0.250. The van der Waals surface area contributed by atoms with E-state index in [4.69, 9.17) is 5.73 Å². The molecule has 0 aromatic heterocycles. The van der Waals surface area contributed by atoms with Crippen LogP contribution in [-0.2, 0) is 6.42 Å². The number of fused-ring (bicyclic) bond motifs is 1. The molecule has 2 N–H and O–H groups in total. The molecule has 0 bridgehead atoms. The van der Waals surface area contributed by atoms with Crippen molar-refractivity contribution < 1.29 is 0 Å². The summed E-state index contributed by atoms with van der Waals surface area (Å²) in [5.41, 5.74) is 10.6. The topological polar surface area (TPSA) is 26.0 Å². The van der Waals surface area contributed by atoms with Crippen molar-refractivity contribution in [2.24, 2.45) is 5.73 Å². The maximum Gasteiger partial charge on any atom is 0.0300 e. The van der Waals surface area contributed by atoms with Crippen LogP contribution >= 0.6 is 22.6 Å². The normalized spacial score (nSPS) is 18.9. The third kappa shape index (κ3) is 2.31. The minimum absolute atomic E-state index is 0.153. The van der Waals surface area contributed by atoms with Gasteiger partial charge in [-0.25, -0.2) is 0 Å². The molecule has 0 radical (unpaired) electrons. The summed E-state index contributed by atoms with van der Waals surface area (Å²) in [6.07, 6.45) is 2.24. The summed E-state index contributed by atoms with van der Waals surface area (Å²) in [6.45, 7) is 0. The molecule has 2 atom stereocenters. The summed E-state index contributed by atoms with van der Waals surface area (Å²) in [7, 11) is 0. The van der Waals surface area contributed by atoms with Crippen molar-refractivity contribution in [3.8, 4) is 0 Å². The van der Waals surface area contributed by atoms with Crippen LogP contribution in [-0.4, -0.2) is 0 Å². The number of rotatable bonds is 3. The molecular formula is C16H16IN. The van der Waals surface area contributed by atoms with Gasteiger partial charge in [0.15, 0.2) is 0 Å². The fourth-order valence-corrected chi connectivity index (χ4v) is 3.09. The van der Waals surface area contributed by atoms with Gasteiger partial charge in [0.2, 0.25) is 0 Å². The number of hydrogen-bond acceptors (Lipinski definition) is 1. The summed E-state index contributed by atoms with van der Waals surface area (Å²) in [5.74, 6) is 0.649. The van der Waals surface area contributed by atoms with Gasteiger partial charge in [0, 0.05) is 9.61 Å². The Balaban J connectivity index is 1.70. The predicted molar refractivity (Wildman–Crippen MR) is 83.6 cm³/mol. The van der Waals surface area contributed by atoms with Crippen molar-refractivity contribution in [1.82, 2.24) is 0 Å². The molecular weight excluding hydrogens is 333 g/mol. The fourth-order valence-electron chi connectivity index (χ4n) is 2.73. The Morgan fingerprint density at radius 3 is 2.56 bits per heavy atom. The summed E-state index contributed by atoms with van der Waals surface area (Å²) >= 11 is 2.32. The quantitative estimate of drug-likeness (QED) is 0.833. The van der Waals surface area contributed by atoms with Gasteiger partial charge in [-0.2, -0.15) is 0 Å². The van der Waals surface area contributed by atoms with Gasteiger partial charge >= 0.3 is 0 Å². The Labute approximate surface area is 122 Å². The molecule has 0 heterocycles. The van der Waals surface area contributed by atoms with E-state index in [0.717, 1.165) is 6.42 Å². The monoisotopic (exact) mass is 349 g/mol. The number of hydrogen-bond donors (Lipinski definition) is 1. The Kier molecular flexibility index (Phi) is 3.39. The average Bonchev–Trinajstić information content (AvgIpc) is 2.36. The van der Waals surface area contributed by atoms with E-state index in [1.165, 1.54) is 26.7 Å². The van der Waals surface area contributed by atoms with E-state index in [9.17, 15) is 0 Å². The number of benzene rings is 2. The van der Waals surface area contributed by atoms with Gasteiger partial charge in [-0.1, -0.05) is 36.4 Å². The molecule has 0 saturated carbocycles. The summed E-state index contributed by atoms with van der Waals surface area (Å²) in [4.78, 5) is 0. The van der Waals surface area contributed by atoms with Gasteiger partial charge in [0.05, 0.1) is 0 Å². The van der Waals surface area contributed by atoms with Crippen LogP contribution in [0.1, 0.15) is 35.1 Å². The minimum atomic E-state index is 0.153. The lowest BCUT2D eigenvalue weighted by Gasteiger charge is -2.32. The number of nitrogens with two attached hydrogens (primary N) is 1. The molecule has 0 saturated heterocycles. The summed E-state index contributed by atoms with van der Waals surface area (Å²) in [5, 5.41) is 0. The predicted octanol–water partition coefficient (Wildman–Crippen LogP) is 4.02. The first-order chi connectivity index (χ1) is 8.74. The van der Waals surface area contributed by atoms with Crippen LogP contribution in [0.25, 0.3) is 0 Å². The molecule has 0 spiro atoms. The van der Waals surface area contributed by atoms with E-state index < -0.39 is 0 Å². The van der Waals surface area contributed by atoms with Crippen LogP contribution in [0.15, 0.2) is 48.5 Å². The smallest absolute Gasteiger partial charge is 0.0300 e. The second-order valence-electron chi connectivity index (χ2n) is 4.99. The Morgan fingerprint density at radius 1 is 1.11 bits per heavy atom. The minimum Gasteiger partial charge on any atom is -0.324 e. The second-order valence-corrected chi connectivity index (χ2v) is 6.24. The van der Waals surface area contributed by atoms with E-state index in [1.54, 1.807) is 0 Å². The van der Waals surface area contributed by atoms with E-state index in [0.29, 0.717) is 5.92 Å². The van der Waals surface area contributed by atoms with Crippen molar-refractivity contribution in [2.75, 3.05) is 0 Å². The molecule has 0 aliphatic heterocycles. The summed E-state index contributed by atoms with van der Waals surface area (Å²) < 4.78 is 1.26. The molecule has 1 aliphatic rings. The molecule has 2 aromatic carbocycles. The Morgan fingerprint density at radius 2 is 1.83 bits per heavy atom.